The molecule has 0 aromatic carbocycles. The molecule has 4 N–H and O–H groups in total. The summed E-state index contributed by atoms with van der Waals surface area (Å²) in [5.74, 6) is 1.15. The zero-order chi connectivity index (χ0) is 23.7. The van der Waals surface area contributed by atoms with Crippen LogP contribution in [0.1, 0.15) is 6.42 Å². The number of piperidine rings is 1. The monoisotopic (exact) mass is 471 g/mol. The van der Waals surface area contributed by atoms with E-state index in [9.17, 15) is 14.3 Å². The third-order valence-corrected chi connectivity index (χ3v) is 5.71. The van der Waals surface area contributed by atoms with Gasteiger partial charge in [0.2, 0.25) is 0 Å². The molecule has 1 saturated heterocycles. The predicted octanol–water partition coefficient (Wildman–Crippen LogP) is 1.76. The number of aromatic nitrogens is 5. The number of alkyl halides is 1. The number of halogens is 1. The number of carboxylic acid groups (broad SMARTS) is 1. The van der Waals surface area contributed by atoms with Crippen LogP contribution in [0.25, 0.3) is 27.7 Å². The molecule has 1 aliphatic heterocycles. The number of hydrogen-bond acceptors (Lipinski definition) is 9. The van der Waals surface area contributed by atoms with Crippen molar-refractivity contribution in [3.05, 3.63) is 36.8 Å². The molecule has 4 aromatic heterocycles. The van der Waals surface area contributed by atoms with Crippen molar-refractivity contribution >= 4 is 28.5 Å². The molecule has 5 rings (SSSR count). The molecule has 1 fully saturated rings. The number of aliphatic hydroxyl groups excluding tert-OH is 1. The van der Waals surface area contributed by atoms with Gasteiger partial charge in [0.15, 0.2) is 5.65 Å². The molecule has 5 heterocycles. The fourth-order valence-corrected chi connectivity index (χ4v) is 4.13. The SMILES string of the molecule is O=C(O)ON[C@H]1CCN(c2ccc(-c3cc(OCCF)cn4nc5[nH]ncc5c34)cn2)C[C@H]1O. The first kappa shape index (κ1) is 21.9. The van der Waals surface area contributed by atoms with E-state index in [2.05, 4.69) is 30.6 Å². The molecule has 12 nitrogen and oxygen atoms in total. The average Bonchev–Trinajstić information content (AvgIpc) is 3.42. The Morgan fingerprint density at radius 1 is 1.35 bits per heavy atom. The van der Waals surface area contributed by atoms with Crippen LogP contribution in [0.2, 0.25) is 0 Å². The van der Waals surface area contributed by atoms with Gasteiger partial charge in [0.25, 0.3) is 0 Å². The molecule has 0 spiro atoms. The van der Waals surface area contributed by atoms with Gasteiger partial charge in [-0.05, 0) is 24.6 Å². The molecular weight excluding hydrogens is 449 g/mol. The van der Waals surface area contributed by atoms with E-state index in [1.165, 1.54) is 0 Å². The van der Waals surface area contributed by atoms with E-state index in [1.807, 2.05) is 23.1 Å². The highest BCUT2D eigenvalue weighted by molar-refractivity contribution is 6.00. The number of β-amino-alcohol motifs (C(OH)–C–C–N with tert-alkyl or cyclic N) is 1. The summed E-state index contributed by atoms with van der Waals surface area (Å²) in [4.78, 5) is 21.4. The van der Waals surface area contributed by atoms with E-state index in [-0.39, 0.29) is 13.2 Å². The highest BCUT2D eigenvalue weighted by Crippen LogP contribution is 2.33. The van der Waals surface area contributed by atoms with Crippen LogP contribution in [0.15, 0.2) is 36.8 Å². The van der Waals surface area contributed by atoms with Gasteiger partial charge < -0.3 is 24.7 Å². The Balaban J connectivity index is 1.41. The van der Waals surface area contributed by atoms with Gasteiger partial charge in [-0.1, -0.05) is 0 Å². The summed E-state index contributed by atoms with van der Waals surface area (Å²) >= 11 is 0. The molecule has 178 valence electrons. The number of rotatable bonds is 7. The normalized spacial score (nSPS) is 18.5. The van der Waals surface area contributed by atoms with Crippen molar-refractivity contribution in [3.63, 3.8) is 0 Å². The maximum absolute atomic E-state index is 12.7. The van der Waals surface area contributed by atoms with E-state index in [1.54, 1.807) is 23.1 Å². The second-order valence-electron chi connectivity index (χ2n) is 7.85. The maximum Gasteiger partial charge on any atom is 0.525 e. The topological polar surface area (TPSA) is 150 Å². The van der Waals surface area contributed by atoms with E-state index >= 15 is 0 Å². The molecule has 0 radical (unpaired) electrons. The fraction of sp³-hybridized carbons (Fsp3) is 0.333. The molecule has 13 heteroatoms. The Kier molecular flexibility index (Phi) is 5.86. The number of aliphatic hydroxyl groups is 1. The van der Waals surface area contributed by atoms with Crippen LogP contribution in [-0.4, -0.2) is 79.7 Å². The van der Waals surface area contributed by atoms with Crippen LogP contribution in [0.4, 0.5) is 15.0 Å². The lowest BCUT2D eigenvalue weighted by Gasteiger charge is -2.36. The number of aromatic amines is 1. The van der Waals surface area contributed by atoms with Crippen molar-refractivity contribution < 1.29 is 29.0 Å². The van der Waals surface area contributed by atoms with Crippen LogP contribution in [0.3, 0.4) is 0 Å². The second-order valence-corrected chi connectivity index (χ2v) is 7.85. The van der Waals surface area contributed by atoms with Crippen LogP contribution in [0, 0.1) is 0 Å². The summed E-state index contributed by atoms with van der Waals surface area (Å²) in [5, 5.41) is 31.2. The van der Waals surface area contributed by atoms with Crippen molar-refractivity contribution in [1.29, 1.82) is 0 Å². The first-order valence-corrected chi connectivity index (χ1v) is 10.6. The molecule has 1 aliphatic rings. The average molecular weight is 471 g/mol. The third-order valence-electron chi connectivity index (χ3n) is 5.71. The number of nitrogens with zero attached hydrogens (tertiary/aromatic N) is 5. The third kappa shape index (κ3) is 4.18. The Bertz CT molecular complexity index is 1310. The smallest absolute Gasteiger partial charge is 0.489 e. The molecule has 0 aliphatic carbocycles. The lowest BCUT2D eigenvalue weighted by molar-refractivity contribution is -0.00987. The van der Waals surface area contributed by atoms with Gasteiger partial charge in [-0.2, -0.15) is 5.10 Å². The van der Waals surface area contributed by atoms with Crippen LogP contribution >= 0.6 is 0 Å². The summed E-state index contributed by atoms with van der Waals surface area (Å²) in [5.41, 5.74) is 5.40. The lowest BCUT2D eigenvalue weighted by Crippen LogP contribution is -2.53. The lowest BCUT2D eigenvalue weighted by atomic mass is 10.0. The molecule has 0 unspecified atom stereocenters. The summed E-state index contributed by atoms with van der Waals surface area (Å²) in [6.07, 6.45) is 3.29. The number of ether oxygens (including phenoxy) is 1. The zero-order valence-electron chi connectivity index (χ0n) is 17.9. The minimum absolute atomic E-state index is 0.0620. The van der Waals surface area contributed by atoms with Crippen LogP contribution in [0.5, 0.6) is 5.75 Å². The minimum Gasteiger partial charge on any atom is -0.489 e. The number of carbonyl (C=O) groups is 1. The summed E-state index contributed by atoms with van der Waals surface area (Å²) in [6.45, 7) is 0.155. The largest absolute Gasteiger partial charge is 0.525 e. The van der Waals surface area contributed by atoms with Gasteiger partial charge in [0.05, 0.1) is 35.4 Å². The first-order chi connectivity index (χ1) is 16.5. The molecule has 4 aromatic rings. The van der Waals surface area contributed by atoms with Crippen LogP contribution < -0.4 is 15.1 Å². The van der Waals surface area contributed by atoms with Crippen molar-refractivity contribution in [2.24, 2.45) is 0 Å². The molecule has 2 atom stereocenters. The number of fused-ring (bicyclic) bond motifs is 3. The number of nitrogens with one attached hydrogen (secondary N) is 2. The second kappa shape index (κ2) is 9.11. The highest BCUT2D eigenvalue weighted by Gasteiger charge is 2.29. The van der Waals surface area contributed by atoms with Crippen LogP contribution in [-0.2, 0) is 4.84 Å². The summed E-state index contributed by atoms with van der Waals surface area (Å²) < 4.78 is 19.8. The molecule has 34 heavy (non-hydrogen) atoms. The van der Waals surface area contributed by atoms with Gasteiger partial charge in [-0.25, -0.2) is 18.7 Å². The maximum atomic E-state index is 12.7. The predicted molar refractivity (Wildman–Crippen MR) is 118 cm³/mol. The Hall–Kier alpha value is -3.97. The summed E-state index contributed by atoms with van der Waals surface area (Å²) in [6, 6.07) is 5.07. The number of pyridine rings is 2. The number of H-pyrrole nitrogens is 1. The van der Waals surface area contributed by atoms with Gasteiger partial charge in [0, 0.05) is 30.4 Å². The van der Waals surface area contributed by atoms with E-state index in [0.717, 1.165) is 22.0 Å². The van der Waals surface area contributed by atoms with Gasteiger partial charge >= 0.3 is 6.16 Å². The van der Waals surface area contributed by atoms with Gasteiger partial charge in [0.1, 0.15) is 24.8 Å². The molecular formula is C21H22FN7O5. The number of anilines is 1. The Morgan fingerprint density at radius 3 is 2.97 bits per heavy atom. The number of hydroxylamine groups is 1. The van der Waals surface area contributed by atoms with Crippen molar-refractivity contribution in [2.45, 2.75) is 18.6 Å². The van der Waals surface area contributed by atoms with Crippen molar-refractivity contribution in [1.82, 2.24) is 30.3 Å². The van der Waals surface area contributed by atoms with Gasteiger partial charge in [-0.15, -0.1) is 10.6 Å². The first-order valence-electron chi connectivity index (χ1n) is 10.6. The number of hydrogen-bond donors (Lipinski definition) is 4. The molecule has 0 bridgehead atoms. The van der Waals surface area contributed by atoms with E-state index < -0.39 is 25.0 Å². The Morgan fingerprint density at radius 2 is 2.24 bits per heavy atom. The van der Waals surface area contributed by atoms with Gasteiger partial charge in [-0.3, -0.25) is 5.10 Å². The molecule has 0 saturated carbocycles. The van der Waals surface area contributed by atoms with Crippen molar-refractivity contribution in [3.8, 4) is 16.9 Å². The Labute approximate surface area is 191 Å². The van der Waals surface area contributed by atoms with Crippen molar-refractivity contribution in [2.75, 3.05) is 31.3 Å². The summed E-state index contributed by atoms with van der Waals surface area (Å²) in [7, 11) is 0. The zero-order valence-corrected chi connectivity index (χ0v) is 17.9. The highest BCUT2D eigenvalue weighted by atomic mass is 19.1. The fourth-order valence-electron chi connectivity index (χ4n) is 4.13. The minimum atomic E-state index is -1.45. The van der Waals surface area contributed by atoms with E-state index in [4.69, 9.17) is 9.84 Å². The molecule has 0 amide bonds. The van der Waals surface area contributed by atoms with E-state index in [0.29, 0.717) is 30.2 Å². The quantitative estimate of drug-likeness (QED) is 0.294. The standard InChI is InChI=1S/C21H22FN7O5/c22-4-6-33-13-7-14(19-15-9-24-25-20(15)26-29(19)10-13)12-1-2-18(23-8-12)28-5-3-16(17(30)11-28)27-34-21(31)32/h1-2,7-10,16-17,27,30H,3-6,11H2,(H,25,26)(H,31,32)/t16-,17+/m0/s1.